The predicted octanol–water partition coefficient (Wildman–Crippen LogP) is 2.76. The summed E-state index contributed by atoms with van der Waals surface area (Å²) >= 11 is 0. The molecule has 0 radical (unpaired) electrons. The van der Waals surface area contributed by atoms with Crippen LogP contribution in [0.25, 0.3) is 10.9 Å². The predicted molar refractivity (Wildman–Crippen MR) is 131 cm³/mol. The van der Waals surface area contributed by atoms with E-state index in [1.165, 1.54) is 6.42 Å². The molecular weight excluding hydrogens is 430 g/mol. The van der Waals surface area contributed by atoms with Crippen molar-refractivity contribution in [3.63, 3.8) is 0 Å². The number of cyclic esters (lactones) is 1. The molecule has 0 saturated carbocycles. The van der Waals surface area contributed by atoms with Crippen LogP contribution in [0.5, 0.6) is 0 Å². The SMILES string of the molecule is CC1CC(Nc2cc3ncccc3c(NC3C[C@H]4CCC[C@@H](C3)N4C3CCCOC3=O)n2)NN1. The van der Waals surface area contributed by atoms with Crippen LogP contribution in [-0.4, -0.2) is 63.8 Å². The number of anilines is 2. The van der Waals surface area contributed by atoms with Gasteiger partial charge in [0.2, 0.25) is 0 Å². The summed E-state index contributed by atoms with van der Waals surface area (Å²) in [6.45, 7) is 2.73. The van der Waals surface area contributed by atoms with Crippen molar-refractivity contribution in [2.45, 2.75) is 94.7 Å². The summed E-state index contributed by atoms with van der Waals surface area (Å²) < 4.78 is 5.42. The highest BCUT2D eigenvalue weighted by molar-refractivity contribution is 5.91. The molecule has 9 heteroatoms. The maximum Gasteiger partial charge on any atom is 0.323 e. The molecule has 4 fully saturated rings. The van der Waals surface area contributed by atoms with Gasteiger partial charge >= 0.3 is 5.97 Å². The van der Waals surface area contributed by atoms with Gasteiger partial charge in [0.25, 0.3) is 0 Å². The minimum absolute atomic E-state index is 0.0172. The quantitative estimate of drug-likeness (QED) is 0.496. The summed E-state index contributed by atoms with van der Waals surface area (Å²) in [5.41, 5.74) is 7.47. The Morgan fingerprint density at radius 2 is 1.94 bits per heavy atom. The first-order valence-corrected chi connectivity index (χ1v) is 12.9. The van der Waals surface area contributed by atoms with Gasteiger partial charge in [0.05, 0.1) is 18.3 Å². The summed E-state index contributed by atoms with van der Waals surface area (Å²) in [5.74, 6) is 1.70. The zero-order valence-corrected chi connectivity index (χ0v) is 19.8. The van der Waals surface area contributed by atoms with Crippen molar-refractivity contribution in [2.75, 3.05) is 17.2 Å². The number of nitrogens with one attached hydrogen (secondary N) is 4. The van der Waals surface area contributed by atoms with Crippen molar-refractivity contribution < 1.29 is 9.53 Å². The number of ether oxygens (including phenoxy) is 1. The van der Waals surface area contributed by atoms with Gasteiger partial charge in [0.15, 0.2) is 0 Å². The van der Waals surface area contributed by atoms with Crippen LogP contribution in [0.15, 0.2) is 24.4 Å². The molecular formula is C25H35N7O2. The van der Waals surface area contributed by atoms with Crippen molar-refractivity contribution in [1.82, 2.24) is 25.7 Å². The Hall–Kier alpha value is -2.49. The van der Waals surface area contributed by atoms with E-state index in [0.29, 0.717) is 30.8 Å². The van der Waals surface area contributed by atoms with Crippen molar-refractivity contribution in [2.24, 2.45) is 0 Å². The molecule has 4 N–H and O–H groups in total. The van der Waals surface area contributed by atoms with Gasteiger partial charge in [0.1, 0.15) is 17.7 Å². The molecule has 6 heterocycles. The number of piperidine rings is 2. The maximum atomic E-state index is 12.5. The first-order chi connectivity index (χ1) is 16.6. The Morgan fingerprint density at radius 1 is 1.09 bits per heavy atom. The maximum absolute atomic E-state index is 12.5. The Morgan fingerprint density at radius 3 is 2.71 bits per heavy atom. The van der Waals surface area contributed by atoms with E-state index in [9.17, 15) is 4.79 Å². The molecule has 34 heavy (non-hydrogen) atoms. The molecule has 2 aromatic rings. The van der Waals surface area contributed by atoms with Crippen LogP contribution in [0.4, 0.5) is 11.6 Å². The molecule has 6 rings (SSSR count). The average molecular weight is 466 g/mol. The Balaban J connectivity index is 1.22. The van der Waals surface area contributed by atoms with Crippen LogP contribution in [0.1, 0.15) is 58.3 Å². The van der Waals surface area contributed by atoms with Crippen molar-refractivity contribution in [1.29, 1.82) is 0 Å². The molecule has 0 amide bonds. The van der Waals surface area contributed by atoms with Gasteiger partial charge in [-0.05, 0) is 64.0 Å². The molecule has 4 unspecified atom stereocenters. The number of hydrogen-bond donors (Lipinski definition) is 4. The number of aromatic nitrogens is 2. The Labute approximate surface area is 200 Å². The minimum atomic E-state index is -0.0596. The summed E-state index contributed by atoms with van der Waals surface area (Å²) in [5, 5.41) is 8.35. The van der Waals surface area contributed by atoms with E-state index < -0.39 is 0 Å². The third kappa shape index (κ3) is 4.32. The summed E-state index contributed by atoms with van der Waals surface area (Å²) in [7, 11) is 0. The molecule has 4 aliphatic heterocycles. The fraction of sp³-hybridized carbons (Fsp3) is 0.640. The van der Waals surface area contributed by atoms with Crippen molar-refractivity contribution >= 4 is 28.5 Å². The smallest absolute Gasteiger partial charge is 0.323 e. The van der Waals surface area contributed by atoms with Gasteiger partial charge in [0, 0.05) is 41.8 Å². The minimum Gasteiger partial charge on any atom is -0.465 e. The summed E-state index contributed by atoms with van der Waals surface area (Å²) in [6, 6.07) is 7.60. The highest BCUT2D eigenvalue weighted by atomic mass is 16.5. The van der Waals surface area contributed by atoms with Crippen LogP contribution in [-0.2, 0) is 9.53 Å². The molecule has 182 valence electrons. The Kier molecular flexibility index (Phi) is 6.01. The van der Waals surface area contributed by atoms with Crippen LogP contribution < -0.4 is 21.5 Å². The lowest BCUT2D eigenvalue weighted by molar-refractivity contribution is -0.160. The number of rotatable bonds is 5. The van der Waals surface area contributed by atoms with Gasteiger partial charge < -0.3 is 15.4 Å². The molecule has 6 atom stereocenters. The fourth-order valence-electron chi connectivity index (χ4n) is 6.42. The van der Waals surface area contributed by atoms with Crippen LogP contribution in [0, 0.1) is 0 Å². The van der Waals surface area contributed by atoms with E-state index in [-0.39, 0.29) is 18.2 Å². The number of carbonyl (C=O) groups is 1. The molecule has 2 bridgehead atoms. The van der Waals surface area contributed by atoms with E-state index >= 15 is 0 Å². The number of hydrazine groups is 1. The second kappa shape index (κ2) is 9.28. The van der Waals surface area contributed by atoms with Gasteiger partial charge in [-0.1, -0.05) is 6.42 Å². The lowest BCUT2D eigenvalue weighted by atomic mass is 9.80. The van der Waals surface area contributed by atoms with Crippen molar-refractivity contribution in [3.05, 3.63) is 24.4 Å². The molecule has 0 aliphatic carbocycles. The first-order valence-electron chi connectivity index (χ1n) is 12.9. The van der Waals surface area contributed by atoms with E-state index in [2.05, 4.69) is 44.4 Å². The highest BCUT2D eigenvalue weighted by Gasteiger charge is 2.45. The molecule has 4 aliphatic rings. The molecule has 2 aromatic heterocycles. The average Bonchev–Trinajstić information content (AvgIpc) is 3.23. The third-order valence-corrected chi connectivity index (χ3v) is 7.88. The third-order valence-electron chi connectivity index (χ3n) is 7.88. The summed E-state index contributed by atoms with van der Waals surface area (Å²) in [6.07, 6.45) is 10.4. The van der Waals surface area contributed by atoms with Crippen LogP contribution >= 0.6 is 0 Å². The van der Waals surface area contributed by atoms with Gasteiger partial charge in [-0.3, -0.25) is 20.1 Å². The standard InChI is InChI=1S/C25H35N7O2/c1-15-11-23(31-30-15)28-22-14-20-19(7-3-9-26-20)24(29-22)27-16-12-17-5-2-6-18(13-16)32(17)21-8-4-10-34-25(21)33/h3,7,9,14-18,21,23,30-31H,2,4-6,8,10-13H2,1H3,(H2,27,28,29)/t15?,16?,17-,18+,21?,23?. The first kappa shape index (κ1) is 22.0. The number of pyridine rings is 2. The van der Waals surface area contributed by atoms with Crippen LogP contribution in [0.2, 0.25) is 0 Å². The van der Waals surface area contributed by atoms with Crippen LogP contribution in [0.3, 0.4) is 0 Å². The lowest BCUT2D eigenvalue weighted by Gasteiger charge is -2.52. The number of esters is 1. The molecule has 9 nitrogen and oxygen atoms in total. The monoisotopic (exact) mass is 465 g/mol. The molecule has 0 spiro atoms. The zero-order chi connectivity index (χ0) is 23.1. The van der Waals surface area contributed by atoms with Gasteiger partial charge in [-0.2, -0.15) is 0 Å². The highest BCUT2D eigenvalue weighted by Crippen LogP contribution is 2.39. The normalized spacial score (nSPS) is 34.1. The second-order valence-electron chi connectivity index (χ2n) is 10.4. The topological polar surface area (TPSA) is 103 Å². The molecule has 4 saturated heterocycles. The van der Waals surface area contributed by atoms with E-state index in [1.807, 2.05) is 18.3 Å². The van der Waals surface area contributed by atoms with E-state index in [0.717, 1.165) is 67.5 Å². The largest absolute Gasteiger partial charge is 0.465 e. The molecule has 0 aromatic carbocycles. The number of nitrogens with zero attached hydrogens (tertiary/aromatic N) is 3. The zero-order valence-electron chi connectivity index (χ0n) is 19.8. The number of carbonyl (C=O) groups excluding carboxylic acids is 1. The Bertz CT molecular complexity index is 1040. The fourth-order valence-corrected chi connectivity index (χ4v) is 6.42. The lowest BCUT2D eigenvalue weighted by Crippen LogP contribution is -2.61. The number of fused-ring (bicyclic) bond motifs is 3. The van der Waals surface area contributed by atoms with Gasteiger partial charge in [-0.25, -0.2) is 10.4 Å². The summed E-state index contributed by atoms with van der Waals surface area (Å²) in [4.78, 5) is 24.6. The number of hydrogen-bond acceptors (Lipinski definition) is 9. The van der Waals surface area contributed by atoms with Crippen molar-refractivity contribution in [3.8, 4) is 0 Å². The van der Waals surface area contributed by atoms with Gasteiger partial charge in [-0.15, -0.1) is 0 Å². The van der Waals surface area contributed by atoms with E-state index in [1.54, 1.807) is 0 Å². The second-order valence-corrected chi connectivity index (χ2v) is 10.4. The van der Waals surface area contributed by atoms with E-state index in [4.69, 9.17) is 9.72 Å².